The Bertz CT molecular complexity index is 346. The highest BCUT2D eigenvalue weighted by atomic mass is 16.4. The molecule has 3 heteroatoms. The van der Waals surface area contributed by atoms with Crippen molar-refractivity contribution in [1.82, 2.24) is 0 Å². The molecule has 0 unspecified atom stereocenters. The first-order chi connectivity index (χ1) is 8.13. The summed E-state index contributed by atoms with van der Waals surface area (Å²) in [5.74, 6) is -1.00. The molecule has 0 aromatic heterocycles. The number of carboxylic acid groups (broad SMARTS) is 1. The molecule has 1 atom stereocenters. The van der Waals surface area contributed by atoms with Gasteiger partial charge in [-0.1, -0.05) is 37.6 Å². The lowest BCUT2D eigenvalue weighted by Gasteiger charge is -2.10. The van der Waals surface area contributed by atoms with E-state index in [1.807, 2.05) is 0 Å². The van der Waals surface area contributed by atoms with Crippen LogP contribution in [0.25, 0.3) is 0 Å². The van der Waals surface area contributed by atoms with Crippen molar-refractivity contribution in [2.75, 3.05) is 0 Å². The minimum Gasteiger partial charge on any atom is -0.550 e. The number of benzene rings is 1. The second-order valence-electron chi connectivity index (χ2n) is 4.45. The van der Waals surface area contributed by atoms with E-state index >= 15 is 0 Å². The molecule has 0 aliphatic rings. The largest absolute Gasteiger partial charge is 0.550 e. The van der Waals surface area contributed by atoms with Gasteiger partial charge in [-0.25, -0.2) is 0 Å². The Morgan fingerprint density at radius 2 is 2.00 bits per heavy atom. The van der Waals surface area contributed by atoms with Crippen molar-refractivity contribution in [3.05, 3.63) is 35.4 Å². The van der Waals surface area contributed by atoms with Gasteiger partial charge in [0.25, 0.3) is 0 Å². The summed E-state index contributed by atoms with van der Waals surface area (Å²) in [6.45, 7) is 2.18. The van der Waals surface area contributed by atoms with Crippen molar-refractivity contribution in [3.8, 4) is 0 Å². The molecular formula is C14H21NO2. The van der Waals surface area contributed by atoms with Crippen LogP contribution in [0.5, 0.6) is 0 Å². The number of carboxylic acids is 1. The number of hydrogen-bond donors (Lipinski definition) is 1. The van der Waals surface area contributed by atoms with Gasteiger partial charge in [-0.3, -0.25) is 0 Å². The summed E-state index contributed by atoms with van der Waals surface area (Å²) in [6, 6.07) is 8.37. The van der Waals surface area contributed by atoms with Gasteiger partial charge < -0.3 is 15.6 Å². The van der Waals surface area contributed by atoms with Crippen molar-refractivity contribution >= 4 is 5.97 Å². The maximum Gasteiger partial charge on any atom is 0.110 e. The molecule has 0 aliphatic carbocycles. The van der Waals surface area contributed by atoms with Crippen LogP contribution in [0.4, 0.5) is 0 Å². The minimum absolute atomic E-state index is 0.0353. The molecule has 0 aliphatic heterocycles. The van der Waals surface area contributed by atoms with Crippen LogP contribution in [0.3, 0.4) is 0 Å². The summed E-state index contributed by atoms with van der Waals surface area (Å²) in [6.07, 6.45) is 4.13. The maximum absolute atomic E-state index is 10.4. The Morgan fingerprint density at radius 1 is 1.35 bits per heavy atom. The Morgan fingerprint density at radius 3 is 2.53 bits per heavy atom. The number of aryl methyl sites for hydroxylation is 1. The number of carbonyl (C=O) groups is 1. The van der Waals surface area contributed by atoms with Crippen molar-refractivity contribution in [2.45, 2.75) is 45.1 Å². The van der Waals surface area contributed by atoms with E-state index < -0.39 is 5.97 Å². The zero-order valence-electron chi connectivity index (χ0n) is 10.4. The Balaban J connectivity index is 2.51. The molecule has 0 radical (unpaired) electrons. The molecule has 0 spiro atoms. The molecule has 0 amide bonds. The number of quaternary nitrogens is 1. The van der Waals surface area contributed by atoms with E-state index in [1.54, 1.807) is 0 Å². The fourth-order valence-corrected chi connectivity index (χ4v) is 1.80. The molecule has 0 fully saturated rings. The predicted molar refractivity (Wildman–Crippen MR) is 64.9 cm³/mol. The van der Waals surface area contributed by atoms with E-state index in [0.717, 1.165) is 12.0 Å². The highest BCUT2D eigenvalue weighted by molar-refractivity contribution is 5.64. The molecule has 1 aromatic rings. The molecule has 0 heterocycles. The third-order valence-corrected chi connectivity index (χ3v) is 2.97. The second-order valence-corrected chi connectivity index (χ2v) is 4.45. The van der Waals surface area contributed by atoms with Gasteiger partial charge in [0.2, 0.25) is 0 Å². The SMILES string of the molecule is CCCCc1ccc([C@H]([NH3+])CCC(=O)[O-])cc1. The maximum atomic E-state index is 10.4. The molecular weight excluding hydrogens is 214 g/mol. The Kier molecular flexibility index (Phi) is 5.70. The molecule has 0 bridgehead atoms. The van der Waals surface area contributed by atoms with Crippen molar-refractivity contribution in [1.29, 1.82) is 0 Å². The Hall–Kier alpha value is -1.35. The molecule has 1 aromatic carbocycles. The van der Waals surface area contributed by atoms with E-state index in [1.165, 1.54) is 18.4 Å². The van der Waals surface area contributed by atoms with Crippen LogP contribution in [-0.2, 0) is 11.2 Å². The van der Waals surface area contributed by atoms with E-state index in [4.69, 9.17) is 0 Å². The number of hydrogen-bond acceptors (Lipinski definition) is 2. The van der Waals surface area contributed by atoms with Crippen molar-refractivity contribution in [2.24, 2.45) is 0 Å². The van der Waals surface area contributed by atoms with Gasteiger partial charge in [-0.15, -0.1) is 0 Å². The van der Waals surface area contributed by atoms with E-state index in [2.05, 4.69) is 36.9 Å². The van der Waals surface area contributed by atoms with Gasteiger partial charge in [0.15, 0.2) is 0 Å². The summed E-state index contributed by atoms with van der Waals surface area (Å²) in [5.41, 5.74) is 6.42. The number of rotatable bonds is 7. The predicted octanol–water partition coefficient (Wildman–Crippen LogP) is 0.842. The number of unbranched alkanes of at least 4 members (excludes halogenated alkanes) is 1. The van der Waals surface area contributed by atoms with Crippen LogP contribution in [0, 0.1) is 0 Å². The lowest BCUT2D eigenvalue weighted by Crippen LogP contribution is -2.53. The van der Waals surface area contributed by atoms with E-state index in [-0.39, 0.29) is 12.5 Å². The lowest BCUT2D eigenvalue weighted by molar-refractivity contribution is -0.428. The zero-order chi connectivity index (χ0) is 12.7. The highest BCUT2D eigenvalue weighted by Gasteiger charge is 2.09. The molecule has 1 rings (SSSR count). The van der Waals surface area contributed by atoms with Crippen LogP contribution in [0.15, 0.2) is 24.3 Å². The van der Waals surface area contributed by atoms with Crippen molar-refractivity contribution in [3.63, 3.8) is 0 Å². The van der Waals surface area contributed by atoms with Gasteiger partial charge in [0, 0.05) is 18.0 Å². The molecule has 3 N–H and O–H groups in total. The first-order valence-corrected chi connectivity index (χ1v) is 6.25. The van der Waals surface area contributed by atoms with Crippen LogP contribution < -0.4 is 10.8 Å². The molecule has 0 saturated heterocycles. The average Bonchev–Trinajstić information content (AvgIpc) is 2.34. The standard InChI is InChI=1S/C14H21NO2/c1-2-3-4-11-5-7-12(8-6-11)13(15)9-10-14(16)17/h5-8,13H,2-4,9-10,15H2,1H3,(H,16,17)/t13-/m1/s1. The van der Waals surface area contributed by atoms with E-state index in [0.29, 0.717) is 6.42 Å². The fraction of sp³-hybridized carbons (Fsp3) is 0.500. The topological polar surface area (TPSA) is 67.8 Å². The number of carbonyl (C=O) groups excluding carboxylic acids is 1. The monoisotopic (exact) mass is 235 g/mol. The quantitative estimate of drug-likeness (QED) is 0.761. The van der Waals surface area contributed by atoms with Crippen LogP contribution in [0.2, 0.25) is 0 Å². The first kappa shape index (κ1) is 13.7. The minimum atomic E-state index is -1.00. The molecule has 0 saturated carbocycles. The van der Waals surface area contributed by atoms with Gasteiger partial charge in [-0.05, 0) is 24.8 Å². The summed E-state index contributed by atoms with van der Waals surface area (Å²) >= 11 is 0. The van der Waals surface area contributed by atoms with Crippen molar-refractivity contribution < 1.29 is 15.6 Å². The highest BCUT2D eigenvalue weighted by Crippen LogP contribution is 2.15. The zero-order valence-corrected chi connectivity index (χ0v) is 10.4. The average molecular weight is 235 g/mol. The summed E-state index contributed by atoms with van der Waals surface area (Å²) in [4.78, 5) is 10.4. The van der Waals surface area contributed by atoms with Gasteiger partial charge >= 0.3 is 0 Å². The van der Waals surface area contributed by atoms with Gasteiger partial charge in [0.1, 0.15) is 6.04 Å². The van der Waals surface area contributed by atoms with Gasteiger partial charge in [-0.2, -0.15) is 0 Å². The number of aliphatic carboxylic acids is 1. The third-order valence-electron chi connectivity index (χ3n) is 2.97. The van der Waals surface area contributed by atoms with E-state index in [9.17, 15) is 9.90 Å². The first-order valence-electron chi connectivity index (χ1n) is 6.25. The molecule has 17 heavy (non-hydrogen) atoms. The molecule has 94 valence electrons. The molecule has 3 nitrogen and oxygen atoms in total. The Labute approximate surface area is 103 Å². The second kappa shape index (κ2) is 7.07. The smallest absolute Gasteiger partial charge is 0.110 e. The van der Waals surface area contributed by atoms with Crippen LogP contribution >= 0.6 is 0 Å². The summed E-state index contributed by atoms with van der Waals surface area (Å²) < 4.78 is 0. The normalized spacial score (nSPS) is 12.4. The summed E-state index contributed by atoms with van der Waals surface area (Å²) in [7, 11) is 0. The van der Waals surface area contributed by atoms with Gasteiger partial charge in [0.05, 0.1) is 0 Å². The third kappa shape index (κ3) is 5.00. The fourth-order valence-electron chi connectivity index (χ4n) is 1.80. The lowest BCUT2D eigenvalue weighted by atomic mass is 10.00. The van der Waals surface area contributed by atoms with Crippen LogP contribution in [0.1, 0.15) is 49.8 Å². The summed E-state index contributed by atoms with van der Waals surface area (Å²) in [5, 5.41) is 10.4. The van der Waals surface area contributed by atoms with Crippen LogP contribution in [-0.4, -0.2) is 5.97 Å².